The van der Waals surface area contributed by atoms with E-state index in [4.69, 9.17) is 0 Å². The molecule has 0 saturated heterocycles. The smallest absolute Gasteiger partial charge is 0.237 e. The van der Waals surface area contributed by atoms with E-state index < -0.39 is 21.6 Å². The van der Waals surface area contributed by atoms with Crippen LogP contribution in [-0.4, -0.2) is 20.9 Å². The summed E-state index contributed by atoms with van der Waals surface area (Å²) in [5, 5.41) is 0. The van der Waals surface area contributed by atoms with E-state index in [0.29, 0.717) is 25.1 Å². The summed E-state index contributed by atoms with van der Waals surface area (Å²) >= 11 is 0. The molecule has 1 N–H and O–H groups in total. The Bertz CT molecular complexity index is 973. The molecule has 0 bridgehead atoms. The molecule has 2 aromatic carbocycles. The quantitative estimate of drug-likeness (QED) is 0.817. The third-order valence-corrected chi connectivity index (χ3v) is 5.79. The molecule has 1 aliphatic heterocycles. The number of benzene rings is 2. The standard InChI is InChI=1S/C20H23FN2O3S/c1-3-10-23-19-8-7-17(12-15(19)6-9-20(23)24)22-27(25,26)13-16-5-4-14(2)11-18(16)21/h4-5,7-8,11-12,22H,3,6,9-10,13H2,1-2H3. The van der Waals surface area contributed by atoms with Gasteiger partial charge in [-0.25, -0.2) is 12.8 Å². The summed E-state index contributed by atoms with van der Waals surface area (Å²) in [5.41, 5.74) is 3.06. The maximum atomic E-state index is 14.0. The van der Waals surface area contributed by atoms with E-state index in [2.05, 4.69) is 4.72 Å². The zero-order valence-electron chi connectivity index (χ0n) is 15.5. The monoisotopic (exact) mass is 390 g/mol. The van der Waals surface area contributed by atoms with Crippen molar-refractivity contribution in [3.8, 4) is 0 Å². The number of rotatable bonds is 6. The Kier molecular flexibility index (Phi) is 5.51. The van der Waals surface area contributed by atoms with Crippen molar-refractivity contribution in [2.75, 3.05) is 16.2 Å². The lowest BCUT2D eigenvalue weighted by atomic mass is 10.0. The normalized spacial score (nSPS) is 14.2. The molecule has 1 aliphatic rings. The number of sulfonamides is 1. The van der Waals surface area contributed by atoms with Gasteiger partial charge in [0.2, 0.25) is 15.9 Å². The molecule has 0 radical (unpaired) electrons. The first kappa shape index (κ1) is 19.4. The fraction of sp³-hybridized carbons (Fsp3) is 0.350. The number of fused-ring (bicyclic) bond motifs is 1. The summed E-state index contributed by atoms with van der Waals surface area (Å²) in [6.45, 7) is 4.40. The van der Waals surface area contributed by atoms with E-state index in [1.165, 1.54) is 12.1 Å². The highest BCUT2D eigenvalue weighted by Gasteiger charge is 2.24. The van der Waals surface area contributed by atoms with Crippen molar-refractivity contribution in [2.45, 2.75) is 38.9 Å². The van der Waals surface area contributed by atoms with Gasteiger partial charge in [-0.15, -0.1) is 0 Å². The highest BCUT2D eigenvalue weighted by molar-refractivity contribution is 7.91. The van der Waals surface area contributed by atoms with Crippen LogP contribution in [0.15, 0.2) is 36.4 Å². The van der Waals surface area contributed by atoms with Crippen LogP contribution < -0.4 is 9.62 Å². The molecule has 2 aromatic rings. The Labute approximate surface area is 159 Å². The SMILES string of the molecule is CCCN1C(=O)CCc2cc(NS(=O)(=O)Cc3ccc(C)cc3F)ccc21. The highest BCUT2D eigenvalue weighted by Crippen LogP contribution is 2.31. The topological polar surface area (TPSA) is 66.5 Å². The molecule has 1 heterocycles. The summed E-state index contributed by atoms with van der Waals surface area (Å²) < 4.78 is 41.4. The maximum absolute atomic E-state index is 14.0. The molecule has 7 heteroatoms. The lowest BCUT2D eigenvalue weighted by Gasteiger charge is -2.29. The van der Waals surface area contributed by atoms with Crippen molar-refractivity contribution >= 4 is 27.3 Å². The summed E-state index contributed by atoms with van der Waals surface area (Å²) in [4.78, 5) is 13.8. The van der Waals surface area contributed by atoms with Gasteiger partial charge in [0.15, 0.2) is 0 Å². The highest BCUT2D eigenvalue weighted by atomic mass is 32.2. The molecule has 0 spiro atoms. The van der Waals surface area contributed by atoms with E-state index in [1.807, 2.05) is 6.92 Å². The molecule has 144 valence electrons. The molecular formula is C20H23FN2O3S. The summed E-state index contributed by atoms with van der Waals surface area (Å²) in [5.74, 6) is -0.872. The first-order valence-corrected chi connectivity index (χ1v) is 10.6. The molecule has 27 heavy (non-hydrogen) atoms. The zero-order valence-corrected chi connectivity index (χ0v) is 16.3. The molecule has 5 nitrogen and oxygen atoms in total. The Balaban J connectivity index is 1.80. The van der Waals surface area contributed by atoms with E-state index in [9.17, 15) is 17.6 Å². The van der Waals surface area contributed by atoms with Gasteiger partial charge in [0, 0.05) is 29.9 Å². The van der Waals surface area contributed by atoms with Crippen molar-refractivity contribution in [3.63, 3.8) is 0 Å². The number of carbonyl (C=O) groups excluding carboxylic acids is 1. The largest absolute Gasteiger partial charge is 0.312 e. The lowest BCUT2D eigenvalue weighted by Crippen LogP contribution is -2.35. The van der Waals surface area contributed by atoms with Gasteiger partial charge < -0.3 is 4.90 Å². The Morgan fingerprint density at radius 1 is 1.15 bits per heavy atom. The van der Waals surface area contributed by atoms with Gasteiger partial charge in [0.05, 0.1) is 5.75 Å². The van der Waals surface area contributed by atoms with Gasteiger partial charge in [-0.3, -0.25) is 9.52 Å². The average Bonchev–Trinajstić information content (AvgIpc) is 2.59. The third-order valence-electron chi connectivity index (χ3n) is 4.55. The van der Waals surface area contributed by atoms with Crippen molar-refractivity contribution in [1.82, 2.24) is 0 Å². The number of nitrogens with zero attached hydrogens (tertiary/aromatic N) is 1. The molecule has 0 fully saturated rings. The average molecular weight is 390 g/mol. The van der Waals surface area contributed by atoms with Gasteiger partial charge in [-0.05, 0) is 55.2 Å². The summed E-state index contributed by atoms with van der Waals surface area (Å²) in [6, 6.07) is 9.67. The number of hydrogen-bond donors (Lipinski definition) is 1. The van der Waals surface area contributed by atoms with Crippen LogP contribution in [0.4, 0.5) is 15.8 Å². The van der Waals surface area contributed by atoms with Crippen molar-refractivity contribution < 1.29 is 17.6 Å². The number of nitrogens with one attached hydrogen (secondary N) is 1. The fourth-order valence-corrected chi connectivity index (χ4v) is 4.48. The molecule has 0 saturated carbocycles. The summed E-state index contributed by atoms with van der Waals surface area (Å²) in [7, 11) is -3.75. The zero-order chi connectivity index (χ0) is 19.6. The number of aryl methyl sites for hydroxylation is 2. The molecule has 0 unspecified atom stereocenters. The first-order valence-electron chi connectivity index (χ1n) is 8.98. The van der Waals surface area contributed by atoms with Crippen LogP contribution in [-0.2, 0) is 27.0 Å². The minimum absolute atomic E-state index is 0.0903. The predicted molar refractivity (Wildman–Crippen MR) is 105 cm³/mol. The molecule has 1 amide bonds. The van der Waals surface area contributed by atoms with Crippen molar-refractivity contribution in [2.24, 2.45) is 0 Å². The van der Waals surface area contributed by atoms with Gasteiger partial charge in [-0.2, -0.15) is 0 Å². The second kappa shape index (κ2) is 7.68. The minimum Gasteiger partial charge on any atom is -0.312 e. The van der Waals surface area contributed by atoms with Crippen molar-refractivity contribution in [3.05, 3.63) is 58.9 Å². The molecule has 0 aliphatic carbocycles. The van der Waals surface area contributed by atoms with Gasteiger partial charge >= 0.3 is 0 Å². The number of anilines is 2. The van der Waals surface area contributed by atoms with Crippen LogP contribution in [0.3, 0.4) is 0 Å². The Morgan fingerprint density at radius 2 is 1.93 bits per heavy atom. The van der Waals surface area contributed by atoms with Crippen LogP contribution >= 0.6 is 0 Å². The number of carbonyl (C=O) groups is 1. The Hall–Kier alpha value is -2.41. The van der Waals surface area contributed by atoms with Gasteiger partial charge in [0.25, 0.3) is 0 Å². The Morgan fingerprint density at radius 3 is 2.63 bits per heavy atom. The second-order valence-electron chi connectivity index (χ2n) is 6.84. The molecule has 3 rings (SSSR count). The van der Waals surface area contributed by atoms with E-state index in [-0.39, 0.29) is 11.5 Å². The number of halogens is 1. The van der Waals surface area contributed by atoms with E-state index >= 15 is 0 Å². The van der Waals surface area contributed by atoms with Gasteiger partial charge in [0.1, 0.15) is 5.82 Å². The van der Waals surface area contributed by atoms with Crippen LogP contribution in [0, 0.1) is 12.7 Å². The van der Waals surface area contributed by atoms with Crippen LogP contribution in [0.1, 0.15) is 36.5 Å². The molecule has 0 atom stereocenters. The van der Waals surface area contributed by atoms with E-state index in [0.717, 1.165) is 23.2 Å². The summed E-state index contributed by atoms with van der Waals surface area (Å²) in [6.07, 6.45) is 1.84. The first-order chi connectivity index (χ1) is 12.8. The molecule has 0 aromatic heterocycles. The maximum Gasteiger partial charge on any atom is 0.237 e. The second-order valence-corrected chi connectivity index (χ2v) is 8.57. The number of amides is 1. The van der Waals surface area contributed by atoms with Crippen molar-refractivity contribution in [1.29, 1.82) is 0 Å². The lowest BCUT2D eigenvalue weighted by molar-refractivity contribution is -0.118. The minimum atomic E-state index is -3.75. The predicted octanol–water partition coefficient (Wildman–Crippen LogP) is 3.77. The van der Waals surface area contributed by atoms with Gasteiger partial charge in [-0.1, -0.05) is 19.1 Å². The fourth-order valence-electron chi connectivity index (χ4n) is 3.28. The van der Waals surface area contributed by atoms with E-state index in [1.54, 1.807) is 36.1 Å². The number of hydrogen-bond acceptors (Lipinski definition) is 3. The van der Waals surface area contributed by atoms with Crippen LogP contribution in [0.25, 0.3) is 0 Å². The van der Waals surface area contributed by atoms with Crippen LogP contribution in [0.2, 0.25) is 0 Å². The van der Waals surface area contributed by atoms with Crippen LogP contribution in [0.5, 0.6) is 0 Å². The molecular weight excluding hydrogens is 367 g/mol. The third kappa shape index (κ3) is 4.47.